The largest absolute Gasteiger partial charge is 0.449 e. The maximum absolute atomic E-state index is 13.4. The third-order valence-corrected chi connectivity index (χ3v) is 4.61. The molecule has 0 saturated heterocycles. The van der Waals surface area contributed by atoms with Gasteiger partial charge < -0.3 is 19.5 Å². The van der Waals surface area contributed by atoms with Crippen molar-refractivity contribution in [3.05, 3.63) is 46.7 Å². The summed E-state index contributed by atoms with van der Waals surface area (Å²) in [6, 6.07) is 2.81. The predicted octanol–water partition coefficient (Wildman–Crippen LogP) is 4.13. The molecule has 0 unspecified atom stereocenters. The lowest BCUT2D eigenvalue weighted by Crippen LogP contribution is -2.37. The maximum atomic E-state index is 13.4. The van der Waals surface area contributed by atoms with Gasteiger partial charge in [0, 0.05) is 12.1 Å². The van der Waals surface area contributed by atoms with Crippen LogP contribution in [0.15, 0.2) is 18.2 Å². The van der Waals surface area contributed by atoms with E-state index in [2.05, 4.69) is 9.97 Å². The van der Waals surface area contributed by atoms with E-state index in [1.54, 1.807) is 0 Å². The molecule has 10 heteroatoms. The molecule has 1 aliphatic rings. The van der Waals surface area contributed by atoms with Gasteiger partial charge in [-0.25, -0.2) is 22.9 Å². The zero-order valence-corrected chi connectivity index (χ0v) is 16.4. The van der Waals surface area contributed by atoms with Crippen LogP contribution in [-0.2, 0) is 24.3 Å². The van der Waals surface area contributed by atoms with Crippen molar-refractivity contribution >= 4 is 6.09 Å². The fraction of sp³-hybridized carbons (Fsp3) is 0.450. The summed E-state index contributed by atoms with van der Waals surface area (Å²) in [6.07, 6.45) is -1.45. The molecule has 3 rings (SSSR count). The highest BCUT2D eigenvalue weighted by Crippen LogP contribution is 2.35. The van der Waals surface area contributed by atoms with Gasteiger partial charge in [0.2, 0.25) is 5.88 Å². The normalized spacial score (nSPS) is 13.3. The van der Waals surface area contributed by atoms with E-state index < -0.39 is 30.5 Å². The van der Waals surface area contributed by atoms with Crippen LogP contribution in [0.2, 0.25) is 0 Å². The second kappa shape index (κ2) is 9.75. The van der Waals surface area contributed by atoms with Crippen LogP contribution in [-0.4, -0.2) is 39.2 Å². The monoisotopic (exact) mass is 425 g/mol. The Hall–Kier alpha value is -2.88. The van der Waals surface area contributed by atoms with E-state index in [0.717, 1.165) is 25.0 Å². The average molecular weight is 425 g/mol. The number of aromatic nitrogens is 2. The van der Waals surface area contributed by atoms with Crippen molar-refractivity contribution in [1.82, 2.24) is 14.9 Å². The number of benzene rings is 1. The lowest BCUT2D eigenvalue weighted by molar-refractivity contribution is 0.0955. The number of aliphatic hydroxyl groups is 1. The molecule has 0 saturated carbocycles. The molecule has 0 bridgehead atoms. The number of aliphatic hydroxyl groups excluding tert-OH is 1. The molecule has 1 N–H and O–H groups in total. The molecule has 1 amide bonds. The highest BCUT2D eigenvalue weighted by atomic mass is 19.3. The molecule has 1 aromatic heterocycles. The molecular weight excluding hydrogens is 403 g/mol. The van der Waals surface area contributed by atoms with Gasteiger partial charge in [-0.05, 0) is 31.0 Å². The Morgan fingerprint density at radius 2 is 2.13 bits per heavy atom. The summed E-state index contributed by atoms with van der Waals surface area (Å²) in [5, 5.41) is 9.47. The van der Waals surface area contributed by atoms with Gasteiger partial charge in [-0.15, -0.1) is 0 Å². The van der Waals surface area contributed by atoms with Crippen molar-refractivity contribution in [3.63, 3.8) is 0 Å². The number of halogens is 3. The zero-order valence-electron chi connectivity index (χ0n) is 16.4. The van der Waals surface area contributed by atoms with Crippen molar-refractivity contribution in [1.29, 1.82) is 0 Å². The van der Waals surface area contributed by atoms with Crippen LogP contribution < -0.4 is 4.74 Å². The first-order chi connectivity index (χ1) is 14.4. The molecule has 2 heterocycles. The van der Waals surface area contributed by atoms with Crippen molar-refractivity contribution in [3.8, 4) is 11.6 Å². The van der Waals surface area contributed by atoms with Gasteiger partial charge in [-0.3, -0.25) is 0 Å². The second-order valence-electron chi connectivity index (χ2n) is 6.75. The molecule has 1 aromatic carbocycles. The van der Waals surface area contributed by atoms with E-state index in [1.807, 2.05) is 6.92 Å². The van der Waals surface area contributed by atoms with Gasteiger partial charge in [0.1, 0.15) is 18.2 Å². The molecule has 0 fully saturated rings. The summed E-state index contributed by atoms with van der Waals surface area (Å²) in [4.78, 5) is 22.0. The molecule has 0 radical (unpaired) electrons. The number of carbonyl (C=O) groups is 1. The SMILES string of the molecule is CCCCOC(=O)N1CCc2c(nc(CO)nc2Oc2ccc(F)cc2C(F)F)C1. The number of unbranched alkanes of at least 4 members (excludes halogenated alkanes) is 1. The first-order valence-electron chi connectivity index (χ1n) is 9.59. The van der Waals surface area contributed by atoms with Gasteiger partial charge in [-0.2, -0.15) is 4.98 Å². The number of rotatable bonds is 7. The summed E-state index contributed by atoms with van der Waals surface area (Å²) in [5.74, 6) is -1.03. The Balaban J connectivity index is 1.87. The Morgan fingerprint density at radius 1 is 1.33 bits per heavy atom. The highest BCUT2D eigenvalue weighted by molar-refractivity contribution is 5.68. The molecule has 162 valence electrons. The Bertz CT molecular complexity index is 911. The Morgan fingerprint density at radius 3 is 2.83 bits per heavy atom. The Labute approximate surface area is 171 Å². The fourth-order valence-electron chi connectivity index (χ4n) is 3.04. The standard InChI is InChI=1S/C20H22F3N3O4/c1-2-3-8-29-20(28)26-7-6-13-15(10-26)24-17(11-27)25-19(13)30-16-5-4-12(21)9-14(16)18(22)23/h4-5,9,18,27H,2-3,6-8,10-11H2,1H3. The average Bonchev–Trinajstić information content (AvgIpc) is 2.74. The molecule has 1 aliphatic heterocycles. The predicted molar refractivity (Wildman–Crippen MR) is 99.8 cm³/mol. The number of amides is 1. The fourth-order valence-corrected chi connectivity index (χ4v) is 3.04. The van der Waals surface area contributed by atoms with Gasteiger partial charge in [-0.1, -0.05) is 13.3 Å². The molecule has 0 aliphatic carbocycles. The lowest BCUT2D eigenvalue weighted by atomic mass is 10.1. The quantitative estimate of drug-likeness (QED) is 0.672. The van der Waals surface area contributed by atoms with Crippen LogP contribution in [0.5, 0.6) is 11.6 Å². The minimum atomic E-state index is -2.95. The number of nitrogens with zero attached hydrogens (tertiary/aromatic N) is 3. The molecule has 2 aromatic rings. The van der Waals surface area contributed by atoms with Crippen LogP contribution in [0.25, 0.3) is 0 Å². The van der Waals surface area contributed by atoms with Gasteiger partial charge in [0.25, 0.3) is 6.43 Å². The number of ether oxygens (including phenoxy) is 2. The number of hydrogen-bond acceptors (Lipinski definition) is 6. The Kier molecular flexibility index (Phi) is 7.09. The molecule has 0 atom stereocenters. The van der Waals surface area contributed by atoms with Crippen molar-refractivity contribution < 1.29 is 32.5 Å². The van der Waals surface area contributed by atoms with E-state index in [9.17, 15) is 23.1 Å². The molecule has 30 heavy (non-hydrogen) atoms. The van der Waals surface area contributed by atoms with E-state index in [0.29, 0.717) is 36.9 Å². The van der Waals surface area contributed by atoms with Crippen molar-refractivity contribution in [2.45, 2.75) is 45.8 Å². The summed E-state index contributed by atoms with van der Waals surface area (Å²) in [5.41, 5.74) is 0.364. The van der Waals surface area contributed by atoms with Crippen LogP contribution in [0.3, 0.4) is 0 Å². The first kappa shape index (κ1) is 21.8. The minimum absolute atomic E-state index is 0.00319. The van der Waals surface area contributed by atoms with Crippen LogP contribution in [0.4, 0.5) is 18.0 Å². The van der Waals surface area contributed by atoms with Crippen molar-refractivity contribution in [2.75, 3.05) is 13.2 Å². The van der Waals surface area contributed by atoms with Crippen LogP contribution in [0, 0.1) is 5.82 Å². The third kappa shape index (κ3) is 4.99. The number of hydrogen-bond donors (Lipinski definition) is 1. The van der Waals surface area contributed by atoms with Crippen LogP contribution >= 0.6 is 0 Å². The topological polar surface area (TPSA) is 84.8 Å². The second-order valence-corrected chi connectivity index (χ2v) is 6.75. The van der Waals surface area contributed by atoms with E-state index in [-0.39, 0.29) is 24.0 Å². The summed E-state index contributed by atoms with van der Waals surface area (Å²) in [6.45, 7) is 2.22. The van der Waals surface area contributed by atoms with E-state index >= 15 is 0 Å². The lowest BCUT2D eigenvalue weighted by Gasteiger charge is -2.28. The molecule has 7 nitrogen and oxygen atoms in total. The molecular formula is C20H22F3N3O4. The third-order valence-electron chi connectivity index (χ3n) is 4.61. The first-order valence-corrected chi connectivity index (χ1v) is 9.59. The van der Waals surface area contributed by atoms with E-state index in [1.165, 1.54) is 4.90 Å². The van der Waals surface area contributed by atoms with Gasteiger partial charge in [0.15, 0.2) is 5.82 Å². The summed E-state index contributed by atoms with van der Waals surface area (Å²) >= 11 is 0. The van der Waals surface area contributed by atoms with E-state index in [4.69, 9.17) is 9.47 Å². The van der Waals surface area contributed by atoms with Crippen molar-refractivity contribution in [2.24, 2.45) is 0 Å². The number of carbonyl (C=O) groups excluding carboxylic acids is 1. The maximum Gasteiger partial charge on any atom is 0.410 e. The summed E-state index contributed by atoms with van der Waals surface area (Å²) < 4.78 is 50.8. The van der Waals surface area contributed by atoms with Crippen LogP contribution in [0.1, 0.15) is 48.8 Å². The van der Waals surface area contributed by atoms with Gasteiger partial charge in [0.05, 0.1) is 24.4 Å². The minimum Gasteiger partial charge on any atom is -0.449 e. The zero-order chi connectivity index (χ0) is 21.7. The highest BCUT2D eigenvalue weighted by Gasteiger charge is 2.28. The smallest absolute Gasteiger partial charge is 0.410 e. The number of alkyl halides is 2. The summed E-state index contributed by atoms with van der Waals surface area (Å²) in [7, 11) is 0. The molecule has 0 spiro atoms. The number of fused-ring (bicyclic) bond motifs is 1. The van der Waals surface area contributed by atoms with Gasteiger partial charge >= 0.3 is 6.09 Å².